The number of hydrogen-bond donors (Lipinski definition) is 1. The number of aromatic nitrogens is 2. The molecule has 162 valence electrons. The predicted molar refractivity (Wildman–Crippen MR) is 114 cm³/mol. The fourth-order valence-electron chi connectivity index (χ4n) is 3.74. The Labute approximate surface area is 177 Å². The smallest absolute Gasteiger partial charge is 0.241 e. The lowest BCUT2D eigenvalue weighted by Crippen LogP contribution is -2.41. The summed E-state index contributed by atoms with van der Waals surface area (Å²) in [6, 6.07) is 8.38. The molecule has 0 radical (unpaired) electrons. The number of H-pyrrole nitrogens is 1. The number of halogens is 1. The van der Waals surface area contributed by atoms with E-state index in [0.717, 1.165) is 61.9 Å². The molecule has 0 spiro atoms. The monoisotopic (exact) mass is 414 g/mol. The molecule has 2 heterocycles. The SMILES string of the molecule is CN(CCCCCc1cc(-c2cccc(F)c2)n[nH]1)C(=O)CN1CCCCCC1=O. The number of carbonyl (C=O) groups excluding carboxylic acids is 2. The van der Waals surface area contributed by atoms with Gasteiger partial charge < -0.3 is 9.80 Å². The zero-order valence-corrected chi connectivity index (χ0v) is 17.7. The Balaban J connectivity index is 1.35. The van der Waals surface area contributed by atoms with Crippen LogP contribution < -0.4 is 0 Å². The van der Waals surface area contributed by atoms with E-state index >= 15 is 0 Å². The first kappa shape index (κ1) is 22.0. The van der Waals surface area contributed by atoms with Gasteiger partial charge in [-0.15, -0.1) is 0 Å². The van der Waals surface area contributed by atoms with Gasteiger partial charge in [0.2, 0.25) is 11.8 Å². The number of likely N-dealkylation sites (N-methyl/N-ethyl adjacent to an activating group) is 1. The first-order valence-corrected chi connectivity index (χ1v) is 10.8. The number of likely N-dealkylation sites (tertiary alicyclic amines) is 1. The first-order valence-electron chi connectivity index (χ1n) is 10.8. The van der Waals surface area contributed by atoms with E-state index in [1.54, 1.807) is 15.9 Å². The van der Waals surface area contributed by atoms with Gasteiger partial charge >= 0.3 is 0 Å². The summed E-state index contributed by atoms with van der Waals surface area (Å²) in [5.74, 6) is -0.152. The van der Waals surface area contributed by atoms with Crippen LogP contribution in [0.5, 0.6) is 0 Å². The third-order valence-electron chi connectivity index (χ3n) is 5.61. The van der Waals surface area contributed by atoms with E-state index in [1.165, 1.54) is 12.1 Å². The van der Waals surface area contributed by atoms with E-state index in [2.05, 4.69) is 10.2 Å². The number of nitrogens with one attached hydrogen (secondary N) is 1. The lowest BCUT2D eigenvalue weighted by molar-refractivity contribution is -0.139. The highest BCUT2D eigenvalue weighted by Crippen LogP contribution is 2.19. The fraction of sp³-hybridized carbons (Fsp3) is 0.522. The van der Waals surface area contributed by atoms with Crippen LogP contribution in [0.3, 0.4) is 0 Å². The summed E-state index contributed by atoms with van der Waals surface area (Å²) in [5, 5.41) is 7.29. The molecule has 1 aliphatic heterocycles. The summed E-state index contributed by atoms with van der Waals surface area (Å²) in [4.78, 5) is 27.9. The second-order valence-corrected chi connectivity index (χ2v) is 8.04. The molecule has 1 aromatic carbocycles. The van der Waals surface area contributed by atoms with Crippen LogP contribution in [0.25, 0.3) is 11.3 Å². The van der Waals surface area contributed by atoms with Crippen LogP contribution in [-0.2, 0) is 16.0 Å². The van der Waals surface area contributed by atoms with Crippen molar-refractivity contribution < 1.29 is 14.0 Å². The quantitative estimate of drug-likeness (QED) is 0.635. The van der Waals surface area contributed by atoms with Gasteiger partial charge in [0.25, 0.3) is 0 Å². The highest BCUT2D eigenvalue weighted by molar-refractivity contribution is 5.84. The van der Waals surface area contributed by atoms with Crippen LogP contribution in [0.15, 0.2) is 30.3 Å². The third kappa shape index (κ3) is 6.40. The molecule has 0 unspecified atom stereocenters. The Morgan fingerprint density at radius 2 is 2.07 bits per heavy atom. The molecule has 6 nitrogen and oxygen atoms in total. The van der Waals surface area contributed by atoms with Gasteiger partial charge in [-0.1, -0.05) is 25.0 Å². The zero-order valence-electron chi connectivity index (χ0n) is 17.7. The molecule has 1 fully saturated rings. The zero-order chi connectivity index (χ0) is 21.3. The Morgan fingerprint density at radius 3 is 2.90 bits per heavy atom. The number of aryl methyl sites for hydroxylation is 1. The minimum atomic E-state index is -0.268. The summed E-state index contributed by atoms with van der Waals surface area (Å²) >= 11 is 0. The predicted octanol–water partition coefficient (Wildman–Crippen LogP) is 3.79. The van der Waals surface area contributed by atoms with Crippen LogP contribution in [-0.4, -0.2) is 58.5 Å². The fourth-order valence-corrected chi connectivity index (χ4v) is 3.74. The molecule has 0 bridgehead atoms. The van der Waals surface area contributed by atoms with Crippen molar-refractivity contribution in [3.8, 4) is 11.3 Å². The number of rotatable bonds is 9. The van der Waals surface area contributed by atoms with Crippen LogP contribution in [0.4, 0.5) is 4.39 Å². The van der Waals surface area contributed by atoms with Crippen LogP contribution in [0.1, 0.15) is 50.6 Å². The van der Waals surface area contributed by atoms with E-state index in [9.17, 15) is 14.0 Å². The Hall–Kier alpha value is -2.70. The largest absolute Gasteiger partial charge is 0.344 e. The van der Waals surface area contributed by atoms with Gasteiger partial charge in [-0.3, -0.25) is 14.7 Å². The number of hydrogen-bond acceptors (Lipinski definition) is 3. The second-order valence-electron chi connectivity index (χ2n) is 8.04. The third-order valence-corrected chi connectivity index (χ3v) is 5.61. The Bertz CT molecular complexity index is 851. The molecule has 3 rings (SSSR count). The van der Waals surface area contributed by atoms with Crippen LogP contribution in [0.2, 0.25) is 0 Å². The molecular formula is C23H31FN4O2. The number of carbonyl (C=O) groups is 2. The van der Waals surface area contributed by atoms with Crippen LogP contribution in [0, 0.1) is 5.82 Å². The average molecular weight is 415 g/mol. The van der Waals surface area contributed by atoms with E-state index in [1.807, 2.05) is 19.2 Å². The van der Waals surface area contributed by atoms with Gasteiger partial charge in [0, 0.05) is 37.8 Å². The highest BCUT2D eigenvalue weighted by atomic mass is 19.1. The lowest BCUT2D eigenvalue weighted by atomic mass is 10.1. The standard InChI is InChI=1S/C23H31FN4O2/c1-27(23(30)17-28-14-7-3-5-12-22(28)29)13-6-2-4-11-20-16-21(26-25-20)18-9-8-10-19(24)15-18/h8-10,15-16H,2-7,11-14,17H2,1H3,(H,25,26). The summed E-state index contributed by atoms with van der Waals surface area (Å²) in [6.45, 7) is 1.59. The average Bonchev–Trinajstić information content (AvgIpc) is 3.11. The minimum Gasteiger partial charge on any atom is -0.344 e. The van der Waals surface area contributed by atoms with Crippen molar-refractivity contribution in [2.75, 3.05) is 26.7 Å². The van der Waals surface area contributed by atoms with Gasteiger partial charge in [-0.2, -0.15) is 5.10 Å². The summed E-state index contributed by atoms with van der Waals surface area (Å²) < 4.78 is 13.4. The van der Waals surface area contributed by atoms with Crippen molar-refractivity contribution in [3.63, 3.8) is 0 Å². The second kappa shape index (κ2) is 10.9. The number of amides is 2. The number of aromatic amines is 1. The maximum atomic E-state index is 13.4. The van der Waals surface area contributed by atoms with E-state index < -0.39 is 0 Å². The number of nitrogens with zero attached hydrogens (tertiary/aromatic N) is 3. The first-order chi connectivity index (χ1) is 14.5. The van der Waals surface area contributed by atoms with E-state index in [0.29, 0.717) is 19.5 Å². The van der Waals surface area contributed by atoms with Gasteiger partial charge in [0.15, 0.2) is 0 Å². The molecule has 1 N–H and O–H groups in total. The van der Waals surface area contributed by atoms with Crippen molar-refractivity contribution in [1.82, 2.24) is 20.0 Å². The molecule has 2 amide bonds. The van der Waals surface area contributed by atoms with Crippen molar-refractivity contribution in [2.45, 2.75) is 51.4 Å². The van der Waals surface area contributed by atoms with E-state index in [-0.39, 0.29) is 24.2 Å². The Kier molecular flexibility index (Phi) is 7.99. The van der Waals surface area contributed by atoms with Crippen molar-refractivity contribution in [3.05, 3.63) is 41.8 Å². The van der Waals surface area contributed by atoms with E-state index in [4.69, 9.17) is 0 Å². The topological polar surface area (TPSA) is 69.3 Å². The maximum Gasteiger partial charge on any atom is 0.241 e. The maximum absolute atomic E-state index is 13.4. The van der Waals surface area contributed by atoms with Gasteiger partial charge in [0.1, 0.15) is 5.82 Å². The molecule has 0 atom stereocenters. The molecule has 1 aromatic heterocycles. The molecule has 0 saturated carbocycles. The van der Waals surface area contributed by atoms with Gasteiger partial charge in [-0.25, -0.2) is 4.39 Å². The van der Waals surface area contributed by atoms with Crippen molar-refractivity contribution >= 4 is 11.8 Å². The highest BCUT2D eigenvalue weighted by Gasteiger charge is 2.20. The molecule has 0 aliphatic carbocycles. The van der Waals surface area contributed by atoms with Crippen molar-refractivity contribution in [1.29, 1.82) is 0 Å². The Morgan fingerprint density at radius 1 is 1.20 bits per heavy atom. The molecule has 2 aromatic rings. The molecule has 30 heavy (non-hydrogen) atoms. The van der Waals surface area contributed by atoms with Gasteiger partial charge in [0.05, 0.1) is 12.2 Å². The number of benzene rings is 1. The van der Waals surface area contributed by atoms with Crippen LogP contribution >= 0.6 is 0 Å². The molecule has 7 heteroatoms. The molecule has 1 aliphatic rings. The summed E-state index contributed by atoms with van der Waals surface area (Å²) in [6.07, 6.45) is 7.30. The summed E-state index contributed by atoms with van der Waals surface area (Å²) in [7, 11) is 1.81. The van der Waals surface area contributed by atoms with Gasteiger partial charge in [-0.05, 0) is 50.3 Å². The lowest BCUT2D eigenvalue weighted by Gasteiger charge is -2.24. The summed E-state index contributed by atoms with van der Waals surface area (Å²) in [5.41, 5.74) is 2.54. The van der Waals surface area contributed by atoms with Crippen molar-refractivity contribution in [2.24, 2.45) is 0 Å². The number of unbranched alkanes of at least 4 members (excludes halogenated alkanes) is 2. The normalized spacial score (nSPS) is 14.6. The molecule has 1 saturated heterocycles. The molecular weight excluding hydrogens is 383 g/mol. The minimum absolute atomic E-state index is 0.0125.